The zero-order valence-electron chi connectivity index (χ0n) is 8.39. The van der Waals surface area contributed by atoms with E-state index in [9.17, 15) is 4.79 Å². The molecule has 0 aromatic carbocycles. The molecule has 70 valence electrons. The maximum absolute atomic E-state index is 11.0. The minimum atomic E-state index is -0.306. The van der Waals surface area contributed by atoms with E-state index in [-0.39, 0.29) is 23.2 Å². The zero-order valence-corrected chi connectivity index (χ0v) is 8.39. The highest BCUT2D eigenvalue weighted by molar-refractivity contribution is 5.71. The molecule has 1 aliphatic heterocycles. The van der Waals surface area contributed by atoms with E-state index in [0.29, 0.717) is 0 Å². The largest absolute Gasteiger partial charge is 0.444 e. The van der Waals surface area contributed by atoms with E-state index in [2.05, 4.69) is 26.1 Å². The fourth-order valence-corrected chi connectivity index (χ4v) is 1.42. The molecule has 0 aromatic heterocycles. The molecule has 0 saturated carbocycles. The summed E-state index contributed by atoms with van der Waals surface area (Å²) in [5.41, 5.74) is -0.247. The van der Waals surface area contributed by atoms with Crippen LogP contribution in [0.1, 0.15) is 34.6 Å². The van der Waals surface area contributed by atoms with Gasteiger partial charge in [-0.3, -0.25) is 0 Å². The van der Waals surface area contributed by atoms with Crippen LogP contribution < -0.4 is 5.32 Å². The second-order valence-electron chi connectivity index (χ2n) is 4.62. The van der Waals surface area contributed by atoms with Gasteiger partial charge in [0.15, 0.2) is 0 Å². The molecule has 1 saturated heterocycles. The molecule has 3 heteroatoms. The van der Waals surface area contributed by atoms with E-state index in [1.54, 1.807) is 0 Å². The van der Waals surface area contributed by atoms with Crippen LogP contribution in [0.3, 0.4) is 0 Å². The number of carbonyl (C=O) groups is 1. The first-order valence-corrected chi connectivity index (χ1v) is 4.26. The lowest BCUT2D eigenvalue weighted by atomic mass is 9.72. The number of carbonyl (C=O) groups excluding carboxylic acids is 1. The third-order valence-corrected chi connectivity index (χ3v) is 3.02. The molecule has 2 atom stereocenters. The van der Waals surface area contributed by atoms with E-state index >= 15 is 0 Å². The van der Waals surface area contributed by atoms with Crippen molar-refractivity contribution >= 4 is 6.09 Å². The molecule has 1 unspecified atom stereocenters. The van der Waals surface area contributed by atoms with Gasteiger partial charge in [0.05, 0.1) is 5.54 Å². The number of hydrogen-bond acceptors (Lipinski definition) is 2. The van der Waals surface area contributed by atoms with Crippen molar-refractivity contribution < 1.29 is 9.53 Å². The summed E-state index contributed by atoms with van der Waals surface area (Å²) in [5.74, 6) is 0. The van der Waals surface area contributed by atoms with Gasteiger partial charge in [-0.15, -0.1) is 0 Å². The Morgan fingerprint density at radius 1 is 1.50 bits per heavy atom. The van der Waals surface area contributed by atoms with E-state index in [1.807, 2.05) is 13.8 Å². The maximum atomic E-state index is 11.0. The molecule has 0 aliphatic carbocycles. The third kappa shape index (κ3) is 1.17. The molecule has 1 rings (SSSR count). The Balaban J connectivity index is 2.92. The van der Waals surface area contributed by atoms with Gasteiger partial charge in [0.1, 0.15) is 6.10 Å². The van der Waals surface area contributed by atoms with Crippen LogP contribution in [0.4, 0.5) is 4.79 Å². The van der Waals surface area contributed by atoms with Crippen molar-refractivity contribution in [2.45, 2.75) is 46.3 Å². The Bertz CT molecular complexity index is 207. The molecule has 0 radical (unpaired) electrons. The molecule has 1 fully saturated rings. The van der Waals surface area contributed by atoms with Crippen LogP contribution in [0.5, 0.6) is 0 Å². The number of rotatable bonds is 0. The summed E-state index contributed by atoms with van der Waals surface area (Å²) in [4.78, 5) is 11.0. The Labute approximate surface area is 73.5 Å². The molecule has 0 aromatic rings. The Morgan fingerprint density at radius 2 is 2.00 bits per heavy atom. The summed E-state index contributed by atoms with van der Waals surface area (Å²) in [6.45, 7) is 10.2. The van der Waals surface area contributed by atoms with Crippen molar-refractivity contribution in [3.05, 3.63) is 0 Å². The molecule has 1 amide bonds. The summed E-state index contributed by atoms with van der Waals surface area (Å²) in [6.07, 6.45) is -0.370. The first-order valence-electron chi connectivity index (χ1n) is 4.26. The average molecular weight is 171 g/mol. The van der Waals surface area contributed by atoms with Gasteiger partial charge in [0.2, 0.25) is 0 Å². The summed E-state index contributed by atoms with van der Waals surface area (Å²) in [6, 6.07) is 0. The number of alkyl carbamates (subject to hydrolysis) is 1. The highest BCUT2D eigenvalue weighted by Gasteiger charge is 2.50. The van der Waals surface area contributed by atoms with Crippen LogP contribution in [-0.2, 0) is 4.74 Å². The summed E-state index contributed by atoms with van der Waals surface area (Å²) < 4.78 is 5.05. The van der Waals surface area contributed by atoms with Crippen molar-refractivity contribution in [1.82, 2.24) is 5.32 Å². The van der Waals surface area contributed by atoms with Crippen molar-refractivity contribution in [3.63, 3.8) is 0 Å². The highest BCUT2D eigenvalue weighted by Crippen LogP contribution is 2.37. The Morgan fingerprint density at radius 3 is 2.17 bits per heavy atom. The number of hydrogen-bond donors (Lipinski definition) is 1. The van der Waals surface area contributed by atoms with Gasteiger partial charge in [0, 0.05) is 0 Å². The minimum absolute atomic E-state index is 0.0125. The third-order valence-electron chi connectivity index (χ3n) is 3.02. The number of cyclic esters (lactones) is 1. The summed E-state index contributed by atoms with van der Waals surface area (Å²) >= 11 is 0. The van der Waals surface area contributed by atoms with Crippen molar-refractivity contribution in [1.29, 1.82) is 0 Å². The minimum Gasteiger partial charge on any atom is -0.444 e. The van der Waals surface area contributed by atoms with Gasteiger partial charge in [-0.25, -0.2) is 4.79 Å². The molecule has 1 heterocycles. The standard InChI is InChI=1S/C9H17NO2/c1-6-9(5,8(2,3)4)10-7(11)12-6/h6H,1-5H3,(H,10,11)/t6?,9-/m0/s1. The van der Waals surface area contributed by atoms with Gasteiger partial charge < -0.3 is 10.1 Å². The molecular weight excluding hydrogens is 154 g/mol. The first kappa shape index (κ1) is 9.36. The van der Waals surface area contributed by atoms with Crippen LogP contribution in [0, 0.1) is 5.41 Å². The quantitative estimate of drug-likeness (QED) is 0.604. The summed E-state index contributed by atoms with van der Waals surface area (Å²) in [5, 5.41) is 2.86. The van der Waals surface area contributed by atoms with Crippen LogP contribution in [0.25, 0.3) is 0 Å². The van der Waals surface area contributed by atoms with Gasteiger partial charge in [0.25, 0.3) is 0 Å². The first-order chi connectivity index (χ1) is 5.27. The van der Waals surface area contributed by atoms with Gasteiger partial charge in [-0.1, -0.05) is 20.8 Å². The predicted octanol–water partition coefficient (Wildman–Crippen LogP) is 1.92. The number of nitrogens with one attached hydrogen (secondary N) is 1. The van der Waals surface area contributed by atoms with E-state index < -0.39 is 0 Å². The van der Waals surface area contributed by atoms with Crippen molar-refractivity contribution in [2.75, 3.05) is 0 Å². The molecule has 12 heavy (non-hydrogen) atoms. The van der Waals surface area contributed by atoms with Crippen LogP contribution in [-0.4, -0.2) is 17.7 Å². The zero-order chi connectivity index (χ0) is 9.57. The molecular formula is C9H17NO2. The summed E-state index contributed by atoms with van der Waals surface area (Å²) in [7, 11) is 0. The maximum Gasteiger partial charge on any atom is 0.408 e. The molecule has 0 spiro atoms. The van der Waals surface area contributed by atoms with E-state index in [1.165, 1.54) is 0 Å². The van der Waals surface area contributed by atoms with Crippen LogP contribution in [0.15, 0.2) is 0 Å². The average Bonchev–Trinajstić information content (AvgIpc) is 2.06. The van der Waals surface area contributed by atoms with E-state index in [4.69, 9.17) is 4.74 Å². The lowest BCUT2D eigenvalue weighted by Crippen LogP contribution is -2.54. The van der Waals surface area contributed by atoms with Crippen molar-refractivity contribution in [2.24, 2.45) is 5.41 Å². The Hall–Kier alpha value is -0.730. The van der Waals surface area contributed by atoms with Gasteiger partial charge in [-0.2, -0.15) is 0 Å². The lowest BCUT2D eigenvalue weighted by Gasteiger charge is -2.39. The van der Waals surface area contributed by atoms with E-state index in [0.717, 1.165) is 0 Å². The molecule has 1 N–H and O–H groups in total. The van der Waals surface area contributed by atoms with Crippen LogP contribution >= 0.6 is 0 Å². The van der Waals surface area contributed by atoms with Crippen LogP contribution in [0.2, 0.25) is 0 Å². The molecule has 1 aliphatic rings. The predicted molar refractivity (Wildman–Crippen MR) is 46.9 cm³/mol. The second-order valence-corrected chi connectivity index (χ2v) is 4.62. The fraction of sp³-hybridized carbons (Fsp3) is 0.889. The lowest BCUT2D eigenvalue weighted by molar-refractivity contribution is 0.0746. The monoisotopic (exact) mass is 171 g/mol. The normalized spacial score (nSPS) is 36.1. The topological polar surface area (TPSA) is 38.3 Å². The van der Waals surface area contributed by atoms with Crippen molar-refractivity contribution in [3.8, 4) is 0 Å². The fourth-order valence-electron chi connectivity index (χ4n) is 1.42. The second kappa shape index (κ2) is 2.38. The molecule has 0 bridgehead atoms. The number of ether oxygens (including phenoxy) is 1. The number of amides is 1. The van der Waals surface area contributed by atoms with Gasteiger partial charge >= 0.3 is 6.09 Å². The highest BCUT2D eigenvalue weighted by atomic mass is 16.6. The smallest absolute Gasteiger partial charge is 0.408 e. The molecule has 3 nitrogen and oxygen atoms in total. The SMILES string of the molecule is CC1OC(=O)N[C@]1(C)C(C)(C)C. The Kier molecular flexibility index (Phi) is 1.85. The van der Waals surface area contributed by atoms with Gasteiger partial charge in [-0.05, 0) is 19.3 Å².